The van der Waals surface area contributed by atoms with Gasteiger partial charge in [0.2, 0.25) is 11.8 Å². The normalized spacial score (nSPS) is 21.1. The molecule has 2 aromatic rings. The predicted octanol–water partition coefficient (Wildman–Crippen LogP) is 3.52. The van der Waals surface area contributed by atoms with Crippen LogP contribution in [0.3, 0.4) is 0 Å². The molecule has 1 N–H and O–H groups in total. The van der Waals surface area contributed by atoms with E-state index in [0.29, 0.717) is 13.0 Å². The minimum absolute atomic E-state index is 0.0393. The maximum absolute atomic E-state index is 13.2. The summed E-state index contributed by atoms with van der Waals surface area (Å²) in [6.07, 6.45) is 2.33. The van der Waals surface area contributed by atoms with Gasteiger partial charge in [-0.25, -0.2) is 8.78 Å². The fourth-order valence-corrected chi connectivity index (χ4v) is 3.53. The van der Waals surface area contributed by atoms with E-state index in [1.54, 1.807) is 4.90 Å². The number of hydrogen-bond donors (Lipinski definition) is 1. The summed E-state index contributed by atoms with van der Waals surface area (Å²) in [5, 5.41) is 2.56. The highest BCUT2D eigenvalue weighted by molar-refractivity contribution is 6.04. The van der Waals surface area contributed by atoms with Crippen molar-refractivity contribution in [1.29, 1.82) is 0 Å². The zero-order chi connectivity index (χ0) is 18.3. The van der Waals surface area contributed by atoms with Crippen molar-refractivity contribution < 1.29 is 18.4 Å². The molecule has 2 atom stereocenters. The molecule has 2 aliphatic rings. The monoisotopic (exact) mass is 356 g/mol. The fraction of sp³-hybridized carbons (Fsp3) is 0.300. The van der Waals surface area contributed by atoms with Crippen LogP contribution in [0.15, 0.2) is 42.5 Å². The van der Waals surface area contributed by atoms with Crippen molar-refractivity contribution >= 4 is 23.2 Å². The zero-order valence-corrected chi connectivity index (χ0v) is 14.0. The first-order valence-corrected chi connectivity index (χ1v) is 8.70. The zero-order valence-electron chi connectivity index (χ0n) is 14.0. The lowest BCUT2D eigenvalue weighted by Gasteiger charge is -2.29. The van der Waals surface area contributed by atoms with Gasteiger partial charge < -0.3 is 10.2 Å². The number of benzene rings is 2. The molecule has 0 spiro atoms. The molecule has 1 aliphatic carbocycles. The van der Waals surface area contributed by atoms with E-state index in [0.717, 1.165) is 36.2 Å². The van der Waals surface area contributed by atoms with Gasteiger partial charge in [0.25, 0.3) is 0 Å². The van der Waals surface area contributed by atoms with Crippen LogP contribution in [0.4, 0.5) is 20.2 Å². The molecule has 134 valence electrons. The number of para-hydroxylation sites is 1. The molecular weight excluding hydrogens is 338 g/mol. The van der Waals surface area contributed by atoms with E-state index in [1.807, 2.05) is 24.3 Å². The third-order valence-electron chi connectivity index (χ3n) is 5.01. The number of carbonyl (C=O) groups excluding carboxylic acids is 2. The second kappa shape index (κ2) is 6.52. The Morgan fingerprint density at radius 1 is 1.04 bits per heavy atom. The first kappa shape index (κ1) is 16.7. The summed E-state index contributed by atoms with van der Waals surface area (Å²) in [5.74, 6) is -3.14. The molecule has 1 aliphatic heterocycles. The Labute approximate surface area is 149 Å². The number of anilines is 2. The second-order valence-electron chi connectivity index (χ2n) is 6.79. The molecule has 4 nitrogen and oxygen atoms in total. The quantitative estimate of drug-likeness (QED) is 0.915. The average Bonchev–Trinajstić information content (AvgIpc) is 3.45. The average molecular weight is 356 g/mol. The predicted molar refractivity (Wildman–Crippen MR) is 93.7 cm³/mol. The molecule has 2 amide bonds. The number of carbonyl (C=O) groups is 2. The Balaban J connectivity index is 1.43. The Morgan fingerprint density at radius 2 is 1.85 bits per heavy atom. The highest BCUT2D eigenvalue weighted by Gasteiger charge is 2.50. The van der Waals surface area contributed by atoms with Crippen molar-refractivity contribution in [3.63, 3.8) is 0 Å². The van der Waals surface area contributed by atoms with Gasteiger partial charge in [-0.2, -0.15) is 0 Å². The van der Waals surface area contributed by atoms with E-state index in [4.69, 9.17) is 0 Å². The van der Waals surface area contributed by atoms with Crippen LogP contribution in [0.1, 0.15) is 18.4 Å². The van der Waals surface area contributed by atoms with Crippen LogP contribution >= 0.6 is 0 Å². The van der Waals surface area contributed by atoms with E-state index in [9.17, 15) is 18.4 Å². The maximum Gasteiger partial charge on any atom is 0.230 e. The van der Waals surface area contributed by atoms with Gasteiger partial charge in [0, 0.05) is 24.0 Å². The van der Waals surface area contributed by atoms with E-state index in [1.165, 1.54) is 6.07 Å². The third-order valence-corrected chi connectivity index (χ3v) is 5.01. The number of nitrogens with zero attached hydrogens (tertiary/aromatic N) is 1. The standard InChI is InChI=1S/C20H18F2N2O2/c21-16-8-7-13(10-17(16)22)23-19(25)14-11-15(14)20(26)24-9-3-5-12-4-1-2-6-18(12)24/h1-2,4,6-8,10,14-15H,3,5,9,11H2,(H,23,25). The number of halogens is 2. The van der Waals surface area contributed by atoms with Crippen LogP contribution < -0.4 is 10.2 Å². The Morgan fingerprint density at radius 3 is 2.65 bits per heavy atom. The van der Waals surface area contributed by atoms with Crippen molar-refractivity contribution in [2.45, 2.75) is 19.3 Å². The van der Waals surface area contributed by atoms with Gasteiger partial charge in [0.1, 0.15) is 0 Å². The first-order chi connectivity index (χ1) is 12.5. The molecule has 1 fully saturated rings. The van der Waals surface area contributed by atoms with E-state index in [-0.39, 0.29) is 23.4 Å². The van der Waals surface area contributed by atoms with Gasteiger partial charge in [-0.1, -0.05) is 18.2 Å². The topological polar surface area (TPSA) is 49.4 Å². The van der Waals surface area contributed by atoms with E-state index >= 15 is 0 Å². The van der Waals surface area contributed by atoms with Gasteiger partial charge in [-0.15, -0.1) is 0 Å². The first-order valence-electron chi connectivity index (χ1n) is 8.70. The van der Waals surface area contributed by atoms with Crippen molar-refractivity contribution in [3.8, 4) is 0 Å². The lowest BCUT2D eigenvalue weighted by Crippen LogP contribution is -2.37. The summed E-state index contributed by atoms with van der Waals surface area (Å²) in [6.45, 7) is 0.657. The molecule has 0 saturated heterocycles. The van der Waals surface area contributed by atoms with Gasteiger partial charge in [0.15, 0.2) is 11.6 Å². The van der Waals surface area contributed by atoms with Crippen LogP contribution in [0, 0.1) is 23.5 Å². The van der Waals surface area contributed by atoms with Gasteiger partial charge in [-0.3, -0.25) is 9.59 Å². The van der Waals surface area contributed by atoms with Crippen LogP contribution in [0.25, 0.3) is 0 Å². The Kier molecular flexibility index (Phi) is 4.18. The molecule has 0 aromatic heterocycles. The summed E-state index contributed by atoms with van der Waals surface area (Å²) >= 11 is 0. The molecule has 0 bridgehead atoms. The van der Waals surface area contributed by atoms with Crippen molar-refractivity contribution in [3.05, 3.63) is 59.7 Å². The molecule has 1 heterocycles. The van der Waals surface area contributed by atoms with Gasteiger partial charge in [-0.05, 0) is 43.0 Å². The number of hydrogen-bond acceptors (Lipinski definition) is 2. The fourth-order valence-electron chi connectivity index (χ4n) is 3.53. The molecule has 2 unspecified atom stereocenters. The van der Waals surface area contributed by atoms with Crippen LogP contribution in [0.2, 0.25) is 0 Å². The second-order valence-corrected chi connectivity index (χ2v) is 6.79. The van der Waals surface area contributed by atoms with Crippen LogP contribution in [-0.4, -0.2) is 18.4 Å². The third kappa shape index (κ3) is 3.07. The Bertz CT molecular complexity index is 884. The van der Waals surface area contributed by atoms with Crippen molar-refractivity contribution in [2.24, 2.45) is 11.8 Å². The van der Waals surface area contributed by atoms with Crippen LogP contribution in [-0.2, 0) is 16.0 Å². The maximum atomic E-state index is 13.2. The smallest absolute Gasteiger partial charge is 0.230 e. The number of fused-ring (bicyclic) bond motifs is 1. The SMILES string of the molecule is O=C(Nc1ccc(F)c(F)c1)C1CC1C(=O)N1CCCc2ccccc21. The van der Waals surface area contributed by atoms with E-state index < -0.39 is 17.6 Å². The number of amides is 2. The Hall–Kier alpha value is -2.76. The van der Waals surface area contributed by atoms with Crippen molar-refractivity contribution in [1.82, 2.24) is 0 Å². The summed E-state index contributed by atoms with van der Waals surface area (Å²) < 4.78 is 26.2. The number of nitrogens with one attached hydrogen (secondary N) is 1. The minimum Gasteiger partial charge on any atom is -0.326 e. The molecule has 2 aromatic carbocycles. The summed E-state index contributed by atoms with van der Waals surface area (Å²) in [6, 6.07) is 11.0. The molecular formula is C20H18F2N2O2. The van der Waals surface area contributed by atoms with E-state index in [2.05, 4.69) is 5.32 Å². The molecule has 0 radical (unpaired) electrons. The summed E-state index contributed by atoms with van der Waals surface area (Å²) in [4.78, 5) is 26.9. The number of rotatable bonds is 3. The highest BCUT2D eigenvalue weighted by atomic mass is 19.2. The van der Waals surface area contributed by atoms with Crippen LogP contribution in [0.5, 0.6) is 0 Å². The molecule has 6 heteroatoms. The minimum atomic E-state index is -1.02. The lowest BCUT2D eigenvalue weighted by atomic mass is 10.0. The molecule has 26 heavy (non-hydrogen) atoms. The lowest BCUT2D eigenvalue weighted by molar-refractivity contribution is -0.123. The molecule has 4 rings (SSSR count). The number of aryl methyl sites for hydroxylation is 1. The van der Waals surface area contributed by atoms with Gasteiger partial charge in [0.05, 0.1) is 11.8 Å². The van der Waals surface area contributed by atoms with Gasteiger partial charge >= 0.3 is 0 Å². The summed E-state index contributed by atoms with van der Waals surface area (Å²) in [5.41, 5.74) is 2.27. The highest BCUT2D eigenvalue weighted by Crippen LogP contribution is 2.42. The molecule has 1 saturated carbocycles. The van der Waals surface area contributed by atoms with Crippen molar-refractivity contribution in [2.75, 3.05) is 16.8 Å². The summed E-state index contributed by atoms with van der Waals surface area (Å²) in [7, 11) is 0. The largest absolute Gasteiger partial charge is 0.326 e.